The Morgan fingerprint density at radius 2 is 1.87 bits per heavy atom. The molecular weight excluding hydrogens is 460 g/mol. The summed E-state index contributed by atoms with van der Waals surface area (Å²) in [6.07, 6.45) is 0.984. The summed E-state index contributed by atoms with van der Waals surface area (Å²) in [5.74, 6) is 1.49. The maximum atomic E-state index is 12.4. The Morgan fingerprint density at radius 3 is 2.58 bits per heavy atom. The molecule has 0 atom stereocenters. The molecule has 1 saturated heterocycles. The van der Waals surface area contributed by atoms with Gasteiger partial charge >= 0.3 is 0 Å². The third-order valence-electron chi connectivity index (χ3n) is 5.34. The fraction of sp³-hybridized carbons (Fsp3) is 0.364. The van der Waals surface area contributed by atoms with E-state index in [0.717, 1.165) is 46.0 Å². The molecule has 2 aromatic heterocycles. The first kappa shape index (κ1) is 21.5. The molecule has 9 heteroatoms. The number of benzene rings is 1. The number of hydrogen-bond acceptors (Lipinski definition) is 6. The van der Waals surface area contributed by atoms with Gasteiger partial charge in [-0.25, -0.2) is 4.68 Å². The smallest absolute Gasteiger partial charge is 0.224 e. The van der Waals surface area contributed by atoms with Crippen LogP contribution in [0.3, 0.4) is 0 Å². The van der Waals surface area contributed by atoms with Crippen molar-refractivity contribution in [3.05, 3.63) is 57.8 Å². The highest BCUT2D eigenvalue weighted by Crippen LogP contribution is 2.21. The van der Waals surface area contributed by atoms with Gasteiger partial charge in [0.25, 0.3) is 0 Å². The maximum absolute atomic E-state index is 12.4. The quantitative estimate of drug-likeness (QED) is 0.576. The third kappa shape index (κ3) is 5.11. The van der Waals surface area contributed by atoms with Gasteiger partial charge in [-0.15, -0.1) is 10.2 Å². The van der Waals surface area contributed by atoms with E-state index in [1.165, 1.54) is 0 Å². The number of anilines is 2. The Balaban J connectivity index is 1.42. The summed E-state index contributed by atoms with van der Waals surface area (Å²) in [7, 11) is 0. The lowest BCUT2D eigenvalue weighted by molar-refractivity contribution is -0.116. The number of aromatic nitrogens is 4. The molecule has 0 unspecified atom stereocenters. The highest BCUT2D eigenvalue weighted by Gasteiger charge is 2.17. The van der Waals surface area contributed by atoms with Crippen LogP contribution in [0, 0.1) is 13.8 Å². The van der Waals surface area contributed by atoms with E-state index in [0.29, 0.717) is 31.9 Å². The molecule has 0 aliphatic carbocycles. The van der Waals surface area contributed by atoms with E-state index >= 15 is 0 Å². The molecule has 3 heterocycles. The standard InChI is InChI=1S/C22H25BrN6O2/c1-15-19(6-9-22(30)24-18-5-3-4-17(23)14-18)16(2)29(27-15)21-8-7-20(25-26-21)28-10-12-31-13-11-28/h3-5,7-8,14H,6,9-13H2,1-2H3,(H,24,30). The van der Waals surface area contributed by atoms with Gasteiger partial charge < -0.3 is 15.0 Å². The van der Waals surface area contributed by atoms with Crippen molar-refractivity contribution >= 4 is 33.3 Å². The van der Waals surface area contributed by atoms with Crippen molar-refractivity contribution in [3.63, 3.8) is 0 Å². The van der Waals surface area contributed by atoms with Gasteiger partial charge in [-0.1, -0.05) is 22.0 Å². The number of carbonyl (C=O) groups is 1. The second-order valence-corrected chi connectivity index (χ2v) is 8.38. The lowest BCUT2D eigenvalue weighted by atomic mass is 10.1. The summed E-state index contributed by atoms with van der Waals surface area (Å²) in [4.78, 5) is 14.6. The average molecular weight is 485 g/mol. The maximum Gasteiger partial charge on any atom is 0.224 e. The second-order valence-electron chi connectivity index (χ2n) is 7.47. The molecule has 1 aromatic carbocycles. The minimum Gasteiger partial charge on any atom is -0.378 e. The first-order chi connectivity index (χ1) is 15.0. The zero-order valence-corrected chi connectivity index (χ0v) is 19.2. The van der Waals surface area contributed by atoms with Crippen LogP contribution in [0.1, 0.15) is 23.4 Å². The van der Waals surface area contributed by atoms with Crippen molar-refractivity contribution in [3.8, 4) is 5.82 Å². The first-order valence-corrected chi connectivity index (χ1v) is 11.1. The molecule has 0 bridgehead atoms. The van der Waals surface area contributed by atoms with E-state index in [1.54, 1.807) is 4.68 Å². The number of carbonyl (C=O) groups excluding carboxylic acids is 1. The van der Waals surface area contributed by atoms with Gasteiger partial charge in [0.1, 0.15) is 0 Å². The van der Waals surface area contributed by atoms with Gasteiger partial charge in [0.15, 0.2) is 11.6 Å². The number of hydrogen-bond donors (Lipinski definition) is 1. The summed E-state index contributed by atoms with van der Waals surface area (Å²) < 4.78 is 8.12. The zero-order valence-electron chi connectivity index (χ0n) is 17.6. The molecule has 0 spiro atoms. The minimum absolute atomic E-state index is 0.0284. The van der Waals surface area contributed by atoms with E-state index in [-0.39, 0.29) is 5.91 Å². The molecule has 1 amide bonds. The summed E-state index contributed by atoms with van der Waals surface area (Å²) in [5.41, 5.74) is 3.70. The molecule has 3 aromatic rings. The molecule has 162 valence electrons. The van der Waals surface area contributed by atoms with Crippen molar-refractivity contribution < 1.29 is 9.53 Å². The SMILES string of the molecule is Cc1nn(-c2ccc(N3CCOCC3)nn2)c(C)c1CCC(=O)Nc1cccc(Br)c1. The Bertz CT molecular complexity index is 1060. The van der Waals surface area contributed by atoms with Gasteiger partial charge in [0, 0.05) is 35.4 Å². The van der Waals surface area contributed by atoms with Gasteiger partial charge in [0.05, 0.1) is 18.9 Å². The van der Waals surface area contributed by atoms with E-state index in [9.17, 15) is 4.79 Å². The molecule has 1 aliphatic rings. The van der Waals surface area contributed by atoms with Crippen LogP contribution in [0.25, 0.3) is 5.82 Å². The van der Waals surface area contributed by atoms with Crippen LogP contribution in [-0.4, -0.2) is 52.2 Å². The topological polar surface area (TPSA) is 85.2 Å². The van der Waals surface area contributed by atoms with Gasteiger partial charge in [0.2, 0.25) is 5.91 Å². The van der Waals surface area contributed by atoms with E-state index in [1.807, 2.05) is 50.2 Å². The van der Waals surface area contributed by atoms with Crippen LogP contribution in [0.15, 0.2) is 40.9 Å². The van der Waals surface area contributed by atoms with Gasteiger partial charge in [-0.2, -0.15) is 5.10 Å². The van der Waals surface area contributed by atoms with Crippen LogP contribution >= 0.6 is 15.9 Å². The van der Waals surface area contributed by atoms with E-state index in [4.69, 9.17) is 4.74 Å². The number of morpholine rings is 1. The van der Waals surface area contributed by atoms with Crippen LogP contribution in [-0.2, 0) is 16.0 Å². The van der Waals surface area contributed by atoms with Crippen molar-refractivity contribution in [2.45, 2.75) is 26.7 Å². The number of halogens is 1. The summed E-state index contributed by atoms with van der Waals surface area (Å²) in [6.45, 7) is 7.01. The fourth-order valence-corrected chi connectivity index (χ4v) is 4.08. The molecule has 31 heavy (non-hydrogen) atoms. The number of aryl methyl sites for hydroxylation is 1. The number of nitrogens with one attached hydrogen (secondary N) is 1. The van der Waals surface area contributed by atoms with Crippen LogP contribution in [0.4, 0.5) is 11.5 Å². The molecule has 0 radical (unpaired) electrons. The predicted molar refractivity (Wildman–Crippen MR) is 123 cm³/mol. The molecular formula is C22H25BrN6O2. The van der Waals surface area contributed by atoms with Crippen molar-refractivity contribution in [2.24, 2.45) is 0 Å². The molecule has 4 rings (SSSR count). The third-order valence-corrected chi connectivity index (χ3v) is 5.83. The van der Waals surface area contributed by atoms with E-state index in [2.05, 4.69) is 41.4 Å². The average Bonchev–Trinajstić information content (AvgIpc) is 3.06. The number of nitrogens with zero attached hydrogens (tertiary/aromatic N) is 5. The number of amides is 1. The molecule has 1 N–H and O–H groups in total. The second kappa shape index (κ2) is 9.57. The number of rotatable bonds is 6. The van der Waals surface area contributed by atoms with Crippen LogP contribution < -0.4 is 10.2 Å². The minimum atomic E-state index is -0.0284. The predicted octanol–water partition coefficient (Wildman–Crippen LogP) is 3.45. The monoisotopic (exact) mass is 484 g/mol. The summed E-state index contributed by atoms with van der Waals surface area (Å²) in [5, 5.41) is 16.3. The molecule has 1 aliphatic heterocycles. The Labute approximate surface area is 189 Å². The molecule has 8 nitrogen and oxygen atoms in total. The van der Waals surface area contributed by atoms with Crippen LogP contribution in [0.5, 0.6) is 0 Å². The van der Waals surface area contributed by atoms with Gasteiger partial charge in [-0.3, -0.25) is 4.79 Å². The van der Waals surface area contributed by atoms with Crippen molar-refractivity contribution in [2.75, 3.05) is 36.5 Å². The van der Waals surface area contributed by atoms with Gasteiger partial charge in [-0.05, 0) is 56.2 Å². The van der Waals surface area contributed by atoms with Crippen molar-refractivity contribution in [1.29, 1.82) is 0 Å². The lowest BCUT2D eigenvalue weighted by Gasteiger charge is -2.27. The van der Waals surface area contributed by atoms with E-state index < -0.39 is 0 Å². The molecule has 1 fully saturated rings. The highest BCUT2D eigenvalue weighted by molar-refractivity contribution is 9.10. The fourth-order valence-electron chi connectivity index (χ4n) is 3.68. The highest BCUT2D eigenvalue weighted by atomic mass is 79.9. The normalized spacial score (nSPS) is 14.0. The Kier molecular flexibility index (Phi) is 6.62. The zero-order chi connectivity index (χ0) is 21.8. The number of ether oxygens (including phenoxy) is 1. The lowest BCUT2D eigenvalue weighted by Crippen LogP contribution is -2.36. The molecule has 0 saturated carbocycles. The summed E-state index contributed by atoms with van der Waals surface area (Å²) >= 11 is 3.42. The Hall–Kier alpha value is -2.78. The summed E-state index contributed by atoms with van der Waals surface area (Å²) in [6, 6.07) is 11.5. The first-order valence-electron chi connectivity index (χ1n) is 10.3. The Morgan fingerprint density at radius 1 is 1.13 bits per heavy atom. The largest absolute Gasteiger partial charge is 0.378 e. The van der Waals surface area contributed by atoms with Crippen molar-refractivity contribution in [1.82, 2.24) is 20.0 Å². The van der Waals surface area contributed by atoms with Crippen LogP contribution in [0.2, 0.25) is 0 Å².